The Morgan fingerprint density at radius 2 is 2.00 bits per heavy atom. The van der Waals surface area contributed by atoms with Crippen molar-refractivity contribution in [2.45, 2.75) is 77.3 Å². The molecule has 0 bridgehead atoms. The lowest BCUT2D eigenvalue weighted by Gasteiger charge is -2.26. The Labute approximate surface area is 106 Å². The predicted molar refractivity (Wildman–Crippen MR) is 71.7 cm³/mol. The third-order valence-electron chi connectivity index (χ3n) is 3.76. The number of nitrogens with two attached hydrogens (primary N) is 1. The fourth-order valence-corrected chi connectivity index (χ4v) is 2.57. The smallest absolute Gasteiger partial charge is 0.220 e. The van der Waals surface area contributed by atoms with Gasteiger partial charge in [0.2, 0.25) is 5.91 Å². The molecule has 0 spiro atoms. The van der Waals surface area contributed by atoms with Gasteiger partial charge in [0.25, 0.3) is 0 Å². The van der Waals surface area contributed by atoms with Crippen molar-refractivity contribution >= 4 is 5.91 Å². The van der Waals surface area contributed by atoms with Gasteiger partial charge in [-0.2, -0.15) is 0 Å². The van der Waals surface area contributed by atoms with Crippen LogP contribution in [0.25, 0.3) is 0 Å². The minimum absolute atomic E-state index is 0.231. The van der Waals surface area contributed by atoms with Crippen LogP contribution in [0.5, 0.6) is 0 Å². The third-order valence-corrected chi connectivity index (χ3v) is 3.76. The summed E-state index contributed by atoms with van der Waals surface area (Å²) in [5.74, 6) is 0.794. The van der Waals surface area contributed by atoms with E-state index in [0.29, 0.717) is 24.4 Å². The first-order chi connectivity index (χ1) is 8.11. The minimum Gasteiger partial charge on any atom is -0.354 e. The van der Waals surface area contributed by atoms with E-state index in [1.54, 1.807) is 0 Å². The van der Waals surface area contributed by atoms with E-state index in [-0.39, 0.29) is 5.91 Å². The molecule has 0 radical (unpaired) electrons. The van der Waals surface area contributed by atoms with Gasteiger partial charge in [-0.05, 0) is 44.9 Å². The molecule has 1 fully saturated rings. The second kappa shape index (κ2) is 7.70. The number of nitrogens with one attached hydrogen (secondary N) is 1. The first-order valence-corrected chi connectivity index (χ1v) is 7.16. The van der Waals surface area contributed by atoms with Crippen molar-refractivity contribution in [3.63, 3.8) is 0 Å². The van der Waals surface area contributed by atoms with Gasteiger partial charge < -0.3 is 11.1 Å². The van der Waals surface area contributed by atoms with E-state index in [2.05, 4.69) is 19.2 Å². The SMILES string of the molecule is CCCCC(C)NC(=O)CC1CCC(N)CC1. The molecule has 0 aromatic carbocycles. The van der Waals surface area contributed by atoms with Gasteiger partial charge in [-0.3, -0.25) is 4.79 Å². The van der Waals surface area contributed by atoms with Gasteiger partial charge in [-0.15, -0.1) is 0 Å². The van der Waals surface area contributed by atoms with Crippen LogP contribution in [0.4, 0.5) is 0 Å². The maximum Gasteiger partial charge on any atom is 0.220 e. The molecular weight excluding hydrogens is 212 g/mol. The molecule has 17 heavy (non-hydrogen) atoms. The topological polar surface area (TPSA) is 55.1 Å². The van der Waals surface area contributed by atoms with Gasteiger partial charge in [0.05, 0.1) is 0 Å². The number of hydrogen-bond acceptors (Lipinski definition) is 2. The van der Waals surface area contributed by atoms with E-state index in [1.807, 2.05) is 0 Å². The van der Waals surface area contributed by atoms with Crippen molar-refractivity contribution in [3.8, 4) is 0 Å². The molecule has 0 aromatic rings. The molecule has 0 aliphatic heterocycles. The summed E-state index contributed by atoms with van der Waals surface area (Å²) >= 11 is 0. The highest BCUT2D eigenvalue weighted by molar-refractivity contribution is 5.76. The van der Waals surface area contributed by atoms with E-state index >= 15 is 0 Å². The maximum atomic E-state index is 11.8. The second-order valence-electron chi connectivity index (χ2n) is 5.60. The Balaban J connectivity index is 2.16. The molecule has 100 valence electrons. The number of carbonyl (C=O) groups excluding carboxylic acids is 1. The van der Waals surface area contributed by atoms with Crippen molar-refractivity contribution in [1.82, 2.24) is 5.32 Å². The molecule has 0 heterocycles. The number of hydrogen-bond donors (Lipinski definition) is 2. The lowest BCUT2D eigenvalue weighted by Crippen LogP contribution is -2.35. The monoisotopic (exact) mass is 240 g/mol. The molecule has 0 aromatic heterocycles. The number of rotatable bonds is 6. The molecule has 1 atom stereocenters. The van der Waals surface area contributed by atoms with Crippen molar-refractivity contribution in [1.29, 1.82) is 0 Å². The first-order valence-electron chi connectivity index (χ1n) is 7.16. The van der Waals surface area contributed by atoms with Crippen LogP contribution in [0, 0.1) is 5.92 Å². The summed E-state index contributed by atoms with van der Waals surface area (Å²) in [6.45, 7) is 4.28. The average Bonchev–Trinajstić information content (AvgIpc) is 2.29. The van der Waals surface area contributed by atoms with Crippen LogP contribution in [0.15, 0.2) is 0 Å². The van der Waals surface area contributed by atoms with Crippen molar-refractivity contribution in [3.05, 3.63) is 0 Å². The summed E-state index contributed by atoms with van der Waals surface area (Å²) in [4.78, 5) is 11.8. The van der Waals surface area contributed by atoms with Gasteiger partial charge in [0.1, 0.15) is 0 Å². The fourth-order valence-electron chi connectivity index (χ4n) is 2.57. The summed E-state index contributed by atoms with van der Waals surface area (Å²) in [6.07, 6.45) is 8.60. The highest BCUT2D eigenvalue weighted by Gasteiger charge is 2.21. The summed E-state index contributed by atoms with van der Waals surface area (Å²) in [5, 5.41) is 3.10. The molecule has 3 heteroatoms. The Morgan fingerprint density at radius 3 is 2.59 bits per heavy atom. The largest absolute Gasteiger partial charge is 0.354 e. The molecule has 1 rings (SSSR count). The normalized spacial score (nSPS) is 26.5. The Hall–Kier alpha value is -0.570. The molecular formula is C14H28N2O. The van der Waals surface area contributed by atoms with Gasteiger partial charge in [-0.25, -0.2) is 0 Å². The molecule has 1 unspecified atom stereocenters. The summed E-state index contributed by atoms with van der Waals surface area (Å²) in [7, 11) is 0. The Bertz CT molecular complexity index is 222. The van der Waals surface area contributed by atoms with E-state index < -0.39 is 0 Å². The van der Waals surface area contributed by atoms with Crippen LogP contribution >= 0.6 is 0 Å². The predicted octanol–water partition coefficient (Wildman–Crippen LogP) is 2.59. The lowest BCUT2D eigenvalue weighted by atomic mass is 9.84. The zero-order valence-corrected chi connectivity index (χ0v) is 11.4. The van der Waals surface area contributed by atoms with Crippen LogP contribution in [0.3, 0.4) is 0 Å². The Kier molecular flexibility index (Phi) is 6.56. The van der Waals surface area contributed by atoms with Crippen LogP contribution in [0.2, 0.25) is 0 Å². The Morgan fingerprint density at radius 1 is 1.35 bits per heavy atom. The molecule has 3 nitrogen and oxygen atoms in total. The summed E-state index contributed by atoms with van der Waals surface area (Å²) in [6, 6.07) is 0.700. The van der Waals surface area contributed by atoms with E-state index in [0.717, 1.165) is 32.1 Å². The van der Waals surface area contributed by atoms with Gasteiger partial charge in [0.15, 0.2) is 0 Å². The van der Waals surface area contributed by atoms with Crippen LogP contribution in [0.1, 0.15) is 65.2 Å². The van der Waals surface area contributed by atoms with Crippen LogP contribution in [-0.4, -0.2) is 18.0 Å². The second-order valence-corrected chi connectivity index (χ2v) is 5.60. The van der Waals surface area contributed by atoms with Crippen molar-refractivity contribution in [2.75, 3.05) is 0 Å². The van der Waals surface area contributed by atoms with Crippen LogP contribution < -0.4 is 11.1 Å². The van der Waals surface area contributed by atoms with E-state index in [9.17, 15) is 4.79 Å². The number of unbranched alkanes of at least 4 members (excludes halogenated alkanes) is 1. The van der Waals surface area contributed by atoms with Gasteiger partial charge in [-0.1, -0.05) is 19.8 Å². The standard InChI is InChI=1S/C14H28N2O/c1-3-4-5-11(2)16-14(17)10-12-6-8-13(15)9-7-12/h11-13H,3-10,15H2,1-2H3,(H,16,17). The first kappa shape index (κ1) is 14.5. The molecule has 1 saturated carbocycles. The number of carbonyl (C=O) groups is 1. The molecule has 1 amide bonds. The van der Waals surface area contributed by atoms with Crippen LogP contribution in [-0.2, 0) is 4.79 Å². The molecule has 3 N–H and O–H groups in total. The van der Waals surface area contributed by atoms with Crippen molar-refractivity contribution < 1.29 is 4.79 Å². The van der Waals surface area contributed by atoms with Gasteiger partial charge in [0, 0.05) is 18.5 Å². The molecule has 1 aliphatic carbocycles. The van der Waals surface area contributed by atoms with Gasteiger partial charge >= 0.3 is 0 Å². The summed E-state index contributed by atoms with van der Waals surface area (Å²) < 4.78 is 0. The highest BCUT2D eigenvalue weighted by Crippen LogP contribution is 2.25. The molecule has 0 saturated heterocycles. The minimum atomic E-state index is 0.231. The fraction of sp³-hybridized carbons (Fsp3) is 0.929. The summed E-state index contributed by atoms with van der Waals surface area (Å²) in [5.41, 5.74) is 5.86. The third kappa shape index (κ3) is 6.06. The van der Waals surface area contributed by atoms with E-state index in [1.165, 1.54) is 12.8 Å². The lowest BCUT2D eigenvalue weighted by molar-refractivity contribution is -0.122. The maximum absolute atomic E-state index is 11.8. The highest BCUT2D eigenvalue weighted by atomic mass is 16.1. The van der Waals surface area contributed by atoms with E-state index in [4.69, 9.17) is 5.73 Å². The zero-order chi connectivity index (χ0) is 12.7. The quantitative estimate of drug-likeness (QED) is 0.750. The molecule has 1 aliphatic rings. The average molecular weight is 240 g/mol. The number of amides is 1. The zero-order valence-electron chi connectivity index (χ0n) is 11.4. The van der Waals surface area contributed by atoms with Crippen molar-refractivity contribution in [2.24, 2.45) is 11.7 Å².